The molecule has 4 aliphatic rings. The summed E-state index contributed by atoms with van der Waals surface area (Å²) in [6, 6.07) is 10.4. The fraction of sp³-hybridized carbons (Fsp3) is 0.840. The minimum Gasteiger partial charge on any atom is -0.466 e. The molecule has 3 saturated carbocycles. The molecule has 8 heteroatoms. The summed E-state index contributed by atoms with van der Waals surface area (Å²) in [6.07, 6.45) is 28.9. The lowest BCUT2D eigenvalue weighted by Crippen LogP contribution is -2.42. The van der Waals surface area contributed by atoms with Gasteiger partial charge in [-0.2, -0.15) is 0 Å². The summed E-state index contributed by atoms with van der Waals surface area (Å²) >= 11 is 0. The van der Waals surface area contributed by atoms with Crippen LogP contribution in [0.5, 0.6) is 0 Å². The molecule has 332 valence electrons. The first-order valence-electron chi connectivity index (χ1n) is 24.3. The first-order chi connectivity index (χ1) is 28.4. The second-order valence-electron chi connectivity index (χ2n) is 18.4. The maximum Gasteiger partial charge on any atom is 0.306 e. The van der Waals surface area contributed by atoms with Crippen LogP contribution in [-0.4, -0.2) is 75.8 Å². The van der Waals surface area contributed by atoms with Crippen LogP contribution in [0.25, 0.3) is 0 Å². The van der Waals surface area contributed by atoms with E-state index in [1.54, 1.807) is 0 Å². The molecule has 1 aromatic rings. The molecular weight excluding hydrogens is 727 g/mol. The van der Waals surface area contributed by atoms with Crippen molar-refractivity contribution >= 4 is 11.9 Å². The Balaban J connectivity index is 1.19. The molecule has 0 N–H and O–H groups in total. The van der Waals surface area contributed by atoms with E-state index in [4.69, 9.17) is 23.7 Å². The van der Waals surface area contributed by atoms with Crippen molar-refractivity contribution in [3.63, 3.8) is 0 Å². The molecule has 0 amide bonds. The van der Waals surface area contributed by atoms with Crippen molar-refractivity contribution in [3.8, 4) is 0 Å². The largest absolute Gasteiger partial charge is 0.466 e. The van der Waals surface area contributed by atoms with Crippen molar-refractivity contribution < 1.29 is 33.3 Å². The smallest absolute Gasteiger partial charge is 0.306 e. The number of rotatable bonds is 34. The number of esters is 2. The number of carbonyl (C=O) groups is 2. The van der Waals surface area contributed by atoms with E-state index < -0.39 is 0 Å². The molecule has 1 saturated heterocycles. The van der Waals surface area contributed by atoms with Crippen LogP contribution in [0.3, 0.4) is 0 Å². The van der Waals surface area contributed by atoms with Crippen LogP contribution in [0.15, 0.2) is 30.3 Å². The van der Waals surface area contributed by atoms with Gasteiger partial charge >= 0.3 is 11.9 Å². The van der Waals surface area contributed by atoms with E-state index in [1.807, 2.05) is 6.07 Å². The number of fused-ring (bicyclic) bond motifs is 3. The van der Waals surface area contributed by atoms with Gasteiger partial charge in [-0.05, 0) is 132 Å². The standard InChI is InChI=1S/C50H85NO7/c1-3-5-7-9-11-17-38-57-48(58-39-18-12-10-8-6-4-2)23-22-46(52)55-40-32-49(33-41-56-47(53)42-50-27-24-44(25-28-50)26-29-50)30-35-51(36-31-49)34-16-19-37-54-43-45-20-14-13-15-21-45/h13-15,20-21,44,48H,3-12,16-19,22-43H2,1-2H3. The highest BCUT2D eigenvalue weighted by molar-refractivity contribution is 5.70. The Kier molecular flexibility index (Phi) is 24.6. The maximum absolute atomic E-state index is 13.1. The SMILES string of the molecule is CCCCCCCCOC(CCC(=O)OCCC1(CCOC(=O)CC23CCC(CC2)CC3)CCN(CCCCOCc2ccccc2)CC1)OCCCCCCCC. The highest BCUT2D eigenvalue weighted by Gasteiger charge is 2.42. The number of hydrogen-bond acceptors (Lipinski definition) is 8. The molecule has 0 radical (unpaired) electrons. The molecular formula is C50H85NO7. The minimum absolute atomic E-state index is 0.0000535. The van der Waals surface area contributed by atoms with E-state index in [9.17, 15) is 9.59 Å². The van der Waals surface area contributed by atoms with E-state index in [0.717, 1.165) is 83.5 Å². The average Bonchev–Trinajstić information content (AvgIpc) is 3.24. The summed E-state index contributed by atoms with van der Waals surface area (Å²) in [5.41, 5.74) is 1.41. The molecule has 3 aliphatic carbocycles. The molecule has 0 spiro atoms. The van der Waals surface area contributed by atoms with Crippen molar-refractivity contribution in [2.75, 3.05) is 52.7 Å². The number of nitrogens with zero attached hydrogens (tertiary/aromatic N) is 1. The number of benzene rings is 1. The van der Waals surface area contributed by atoms with Crippen LogP contribution in [-0.2, 0) is 39.9 Å². The molecule has 0 unspecified atom stereocenters. The molecule has 8 nitrogen and oxygen atoms in total. The second-order valence-corrected chi connectivity index (χ2v) is 18.4. The van der Waals surface area contributed by atoms with Crippen LogP contribution in [0.1, 0.15) is 193 Å². The molecule has 58 heavy (non-hydrogen) atoms. The Morgan fingerprint density at radius 1 is 0.655 bits per heavy atom. The summed E-state index contributed by atoms with van der Waals surface area (Å²) in [6.45, 7) is 11.3. The van der Waals surface area contributed by atoms with Gasteiger partial charge in [0.05, 0.1) is 32.7 Å². The lowest BCUT2D eigenvalue weighted by Gasteiger charge is -2.46. The normalized spacial score (nSPS) is 20.4. The molecule has 0 aromatic heterocycles. The van der Waals surface area contributed by atoms with Crippen molar-refractivity contribution in [1.82, 2.24) is 4.90 Å². The van der Waals surface area contributed by atoms with E-state index in [0.29, 0.717) is 52.3 Å². The molecule has 4 fully saturated rings. The molecule has 0 atom stereocenters. The Labute approximate surface area is 354 Å². The predicted molar refractivity (Wildman–Crippen MR) is 235 cm³/mol. The summed E-state index contributed by atoms with van der Waals surface area (Å²) in [5, 5.41) is 0. The monoisotopic (exact) mass is 812 g/mol. The number of ether oxygens (including phenoxy) is 5. The van der Waals surface area contributed by atoms with E-state index in [1.165, 1.54) is 108 Å². The number of unbranched alkanes of at least 4 members (excludes halogenated alkanes) is 11. The number of hydrogen-bond donors (Lipinski definition) is 0. The number of piperidine rings is 1. The Morgan fingerprint density at radius 3 is 1.81 bits per heavy atom. The van der Waals surface area contributed by atoms with Crippen molar-refractivity contribution in [2.24, 2.45) is 16.7 Å². The first kappa shape index (κ1) is 48.7. The molecule has 2 bridgehead atoms. The first-order valence-corrected chi connectivity index (χ1v) is 24.3. The van der Waals surface area contributed by atoms with Crippen molar-refractivity contribution in [3.05, 3.63) is 35.9 Å². The van der Waals surface area contributed by atoms with Gasteiger partial charge in [0.1, 0.15) is 0 Å². The summed E-state index contributed by atoms with van der Waals surface area (Å²) in [4.78, 5) is 28.8. The third-order valence-corrected chi connectivity index (χ3v) is 13.8. The number of likely N-dealkylation sites (tertiary alicyclic amines) is 1. The minimum atomic E-state index is -0.359. The zero-order valence-corrected chi connectivity index (χ0v) is 37.3. The van der Waals surface area contributed by atoms with Crippen LogP contribution in [0.4, 0.5) is 0 Å². The molecule has 1 aromatic carbocycles. The summed E-state index contributed by atoms with van der Waals surface area (Å²) < 4.78 is 30.2. The van der Waals surface area contributed by atoms with Gasteiger partial charge in [0, 0.05) is 26.2 Å². The van der Waals surface area contributed by atoms with Gasteiger partial charge in [0.25, 0.3) is 0 Å². The van der Waals surface area contributed by atoms with Gasteiger partial charge < -0.3 is 28.6 Å². The fourth-order valence-corrected chi connectivity index (χ4v) is 9.62. The molecule has 5 rings (SSSR count). The van der Waals surface area contributed by atoms with Crippen LogP contribution >= 0.6 is 0 Å². The van der Waals surface area contributed by atoms with Gasteiger partial charge in [-0.15, -0.1) is 0 Å². The second kappa shape index (κ2) is 29.3. The Morgan fingerprint density at radius 2 is 1.21 bits per heavy atom. The fourth-order valence-electron chi connectivity index (χ4n) is 9.62. The third-order valence-electron chi connectivity index (χ3n) is 13.8. The number of carbonyl (C=O) groups excluding carboxylic acids is 2. The highest BCUT2D eigenvalue weighted by Crippen LogP contribution is 2.52. The maximum atomic E-state index is 13.1. The van der Waals surface area contributed by atoms with E-state index >= 15 is 0 Å². The summed E-state index contributed by atoms with van der Waals surface area (Å²) in [5.74, 6) is 0.700. The Hall–Kier alpha value is -2.00. The van der Waals surface area contributed by atoms with Gasteiger partial charge in [-0.3, -0.25) is 9.59 Å². The summed E-state index contributed by atoms with van der Waals surface area (Å²) in [7, 11) is 0. The average molecular weight is 812 g/mol. The lowest BCUT2D eigenvalue weighted by atomic mass is 9.59. The van der Waals surface area contributed by atoms with Crippen LogP contribution in [0.2, 0.25) is 0 Å². The van der Waals surface area contributed by atoms with Crippen molar-refractivity contribution in [2.45, 2.75) is 200 Å². The lowest BCUT2D eigenvalue weighted by molar-refractivity contribution is -0.160. The van der Waals surface area contributed by atoms with Gasteiger partial charge in [0.2, 0.25) is 0 Å². The highest BCUT2D eigenvalue weighted by atomic mass is 16.7. The zero-order chi connectivity index (χ0) is 41.0. The Bertz CT molecular complexity index is 1160. The van der Waals surface area contributed by atoms with Crippen LogP contribution in [0, 0.1) is 16.7 Å². The van der Waals surface area contributed by atoms with E-state index in [-0.39, 0.29) is 29.1 Å². The third kappa shape index (κ3) is 20.0. The quantitative estimate of drug-likeness (QED) is 0.0387. The van der Waals surface area contributed by atoms with Crippen molar-refractivity contribution in [1.29, 1.82) is 0 Å². The van der Waals surface area contributed by atoms with Gasteiger partial charge in [-0.25, -0.2) is 0 Å². The van der Waals surface area contributed by atoms with E-state index in [2.05, 4.69) is 43.0 Å². The zero-order valence-electron chi connectivity index (χ0n) is 37.3. The molecule has 1 aliphatic heterocycles. The van der Waals surface area contributed by atoms with Gasteiger partial charge in [0.15, 0.2) is 6.29 Å². The predicted octanol–water partition coefficient (Wildman–Crippen LogP) is 12.2. The van der Waals surface area contributed by atoms with Crippen LogP contribution < -0.4 is 0 Å². The van der Waals surface area contributed by atoms with Gasteiger partial charge in [-0.1, -0.05) is 108 Å². The topological polar surface area (TPSA) is 83.5 Å². The molecule has 1 heterocycles.